The topological polar surface area (TPSA) is 77.5 Å². The Morgan fingerprint density at radius 1 is 1.33 bits per heavy atom. The fourth-order valence-electron chi connectivity index (χ4n) is 3.31. The molecule has 0 spiro atoms. The van der Waals surface area contributed by atoms with Crippen LogP contribution in [-0.2, 0) is 0 Å². The smallest absolute Gasteiger partial charge is 0.129 e. The SMILES string of the molecule is N#Cc1ccn2ncc(-c3cccc(N4CCC[C@H]4CO)n3)c2c1. The summed E-state index contributed by atoms with van der Waals surface area (Å²) in [6.45, 7) is 1.06. The van der Waals surface area contributed by atoms with Gasteiger partial charge in [-0.05, 0) is 37.1 Å². The Kier molecular flexibility index (Phi) is 3.63. The molecule has 1 aliphatic heterocycles. The van der Waals surface area contributed by atoms with Gasteiger partial charge in [0.05, 0.1) is 41.7 Å². The van der Waals surface area contributed by atoms with E-state index < -0.39 is 0 Å². The number of pyridine rings is 2. The molecule has 6 heteroatoms. The summed E-state index contributed by atoms with van der Waals surface area (Å²) in [7, 11) is 0. The largest absolute Gasteiger partial charge is 0.394 e. The van der Waals surface area contributed by atoms with Crippen LogP contribution >= 0.6 is 0 Å². The minimum atomic E-state index is 0.141. The highest BCUT2D eigenvalue weighted by Gasteiger charge is 2.25. The number of aliphatic hydroxyl groups excluding tert-OH is 1. The second-order valence-electron chi connectivity index (χ2n) is 5.97. The lowest BCUT2D eigenvalue weighted by Gasteiger charge is -2.24. The van der Waals surface area contributed by atoms with Gasteiger partial charge >= 0.3 is 0 Å². The molecule has 4 heterocycles. The van der Waals surface area contributed by atoms with E-state index in [1.165, 1.54) is 0 Å². The van der Waals surface area contributed by atoms with Crippen molar-refractivity contribution in [1.29, 1.82) is 5.26 Å². The van der Waals surface area contributed by atoms with Crippen LogP contribution in [-0.4, -0.2) is 38.9 Å². The summed E-state index contributed by atoms with van der Waals surface area (Å²) in [6.07, 6.45) is 5.61. The lowest BCUT2D eigenvalue weighted by molar-refractivity contribution is 0.266. The van der Waals surface area contributed by atoms with Crippen LogP contribution in [0.15, 0.2) is 42.7 Å². The summed E-state index contributed by atoms with van der Waals surface area (Å²) < 4.78 is 1.75. The molecule has 0 bridgehead atoms. The number of hydrogen-bond donors (Lipinski definition) is 1. The number of rotatable bonds is 3. The Balaban J connectivity index is 1.78. The first-order valence-corrected chi connectivity index (χ1v) is 8.02. The van der Waals surface area contributed by atoms with Gasteiger partial charge in [-0.15, -0.1) is 0 Å². The first-order valence-electron chi connectivity index (χ1n) is 8.02. The first-order chi connectivity index (χ1) is 11.8. The maximum Gasteiger partial charge on any atom is 0.129 e. The average Bonchev–Trinajstić information content (AvgIpc) is 3.27. The van der Waals surface area contributed by atoms with Gasteiger partial charge in [-0.3, -0.25) is 0 Å². The second-order valence-corrected chi connectivity index (χ2v) is 5.97. The standard InChI is InChI=1S/C18H17N5O/c19-10-13-6-8-23-17(9-13)15(11-20-23)16-4-1-5-18(21-16)22-7-2-3-14(22)12-24/h1,4-6,8-9,11,14,24H,2-3,7,12H2/t14-/m0/s1. The van der Waals surface area contributed by atoms with Crippen LogP contribution < -0.4 is 4.90 Å². The summed E-state index contributed by atoms with van der Waals surface area (Å²) in [5.74, 6) is 0.875. The van der Waals surface area contributed by atoms with Crippen molar-refractivity contribution in [3.63, 3.8) is 0 Å². The Morgan fingerprint density at radius 3 is 3.08 bits per heavy atom. The van der Waals surface area contributed by atoms with Gasteiger partial charge in [0, 0.05) is 18.3 Å². The highest BCUT2D eigenvalue weighted by Crippen LogP contribution is 2.28. The molecule has 1 atom stereocenters. The third-order valence-corrected chi connectivity index (χ3v) is 4.54. The third-order valence-electron chi connectivity index (χ3n) is 4.54. The molecule has 0 saturated carbocycles. The summed E-state index contributed by atoms with van der Waals surface area (Å²) >= 11 is 0. The van der Waals surface area contributed by atoms with E-state index in [1.807, 2.05) is 24.3 Å². The van der Waals surface area contributed by atoms with E-state index in [-0.39, 0.29) is 12.6 Å². The predicted molar refractivity (Wildman–Crippen MR) is 90.6 cm³/mol. The van der Waals surface area contributed by atoms with Crippen LogP contribution in [0.4, 0.5) is 5.82 Å². The van der Waals surface area contributed by atoms with Gasteiger partial charge in [0.25, 0.3) is 0 Å². The molecule has 1 N–H and O–H groups in total. The van der Waals surface area contributed by atoms with Crippen molar-refractivity contribution in [2.24, 2.45) is 0 Å². The minimum Gasteiger partial charge on any atom is -0.394 e. The number of hydrogen-bond acceptors (Lipinski definition) is 5. The van der Waals surface area contributed by atoms with Gasteiger partial charge in [0.2, 0.25) is 0 Å². The van der Waals surface area contributed by atoms with Crippen LogP contribution in [0.25, 0.3) is 16.8 Å². The van der Waals surface area contributed by atoms with E-state index in [9.17, 15) is 5.11 Å². The first kappa shape index (κ1) is 14.7. The normalized spacial score (nSPS) is 17.3. The molecule has 0 amide bonds. The molecule has 3 aromatic heterocycles. The van der Waals surface area contributed by atoms with E-state index in [4.69, 9.17) is 10.2 Å². The highest BCUT2D eigenvalue weighted by atomic mass is 16.3. The summed E-state index contributed by atoms with van der Waals surface area (Å²) in [5, 5.41) is 23.0. The number of nitrogens with zero attached hydrogens (tertiary/aromatic N) is 5. The predicted octanol–water partition coefficient (Wildman–Crippen LogP) is 2.23. The Bertz CT molecular complexity index is 927. The fourth-order valence-corrected chi connectivity index (χ4v) is 3.31. The number of fused-ring (bicyclic) bond motifs is 1. The Morgan fingerprint density at radius 2 is 2.25 bits per heavy atom. The molecule has 0 radical (unpaired) electrons. The highest BCUT2D eigenvalue weighted by molar-refractivity contribution is 5.79. The van der Waals surface area contributed by atoms with Gasteiger partial charge in [-0.25, -0.2) is 9.50 Å². The molecule has 4 rings (SSSR count). The van der Waals surface area contributed by atoms with E-state index in [1.54, 1.807) is 23.0 Å². The molecule has 6 nitrogen and oxygen atoms in total. The zero-order chi connectivity index (χ0) is 16.5. The van der Waals surface area contributed by atoms with Crippen molar-refractivity contribution in [3.8, 4) is 17.3 Å². The van der Waals surface area contributed by atoms with Crippen LogP contribution in [0.3, 0.4) is 0 Å². The summed E-state index contributed by atoms with van der Waals surface area (Å²) in [6, 6.07) is 11.8. The minimum absolute atomic E-state index is 0.141. The van der Waals surface area contributed by atoms with Crippen molar-refractivity contribution < 1.29 is 5.11 Å². The van der Waals surface area contributed by atoms with Crippen LogP contribution in [0, 0.1) is 11.3 Å². The number of aliphatic hydroxyl groups is 1. The Labute approximate surface area is 139 Å². The molecule has 120 valence electrons. The van der Waals surface area contributed by atoms with E-state index in [0.717, 1.165) is 42.0 Å². The molecule has 1 saturated heterocycles. The van der Waals surface area contributed by atoms with Gasteiger partial charge in [-0.1, -0.05) is 6.07 Å². The number of aromatic nitrogens is 3. The van der Waals surface area contributed by atoms with Gasteiger partial charge < -0.3 is 10.0 Å². The molecule has 1 aliphatic rings. The maximum absolute atomic E-state index is 9.54. The van der Waals surface area contributed by atoms with Gasteiger partial charge in [0.15, 0.2) is 0 Å². The van der Waals surface area contributed by atoms with E-state index in [2.05, 4.69) is 16.1 Å². The zero-order valence-corrected chi connectivity index (χ0v) is 13.1. The number of anilines is 1. The molecule has 1 fully saturated rings. The molecule has 3 aromatic rings. The molecule has 24 heavy (non-hydrogen) atoms. The molecule has 0 aliphatic carbocycles. The van der Waals surface area contributed by atoms with Gasteiger partial charge in [-0.2, -0.15) is 10.4 Å². The van der Waals surface area contributed by atoms with Crippen molar-refractivity contribution in [2.75, 3.05) is 18.1 Å². The zero-order valence-electron chi connectivity index (χ0n) is 13.1. The molecular formula is C18H17N5O. The van der Waals surface area contributed by atoms with Crippen molar-refractivity contribution in [3.05, 3.63) is 48.3 Å². The molecule has 0 aromatic carbocycles. The monoisotopic (exact) mass is 319 g/mol. The van der Waals surface area contributed by atoms with Crippen LogP contribution in [0.2, 0.25) is 0 Å². The van der Waals surface area contributed by atoms with Crippen molar-refractivity contribution in [1.82, 2.24) is 14.6 Å². The summed E-state index contributed by atoms with van der Waals surface area (Å²) in [4.78, 5) is 6.94. The quantitative estimate of drug-likeness (QED) is 0.801. The van der Waals surface area contributed by atoms with Gasteiger partial charge in [0.1, 0.15) is 5.82 Å². The molecule has 0 unspecified atom stereocenters. The summed E-state index contributed by atoms with van der Waals surface area (Å²) in [5.41, 5.74) is 3.17. The average molecular weight is 319 g/mol. The lowest BCUT2D eigenvalue weighted by Crippen LogP contribution is -2.32. The maximum atomic E-state index is 9.54. The van der Waals surface area contributed by atoms with E-state index >= 15 is 0 Å². The van der Waals surface area contributed by atoms with Crippen LogP contribution in [0.1, 0.15) is 18.4 Å². The van der Waals surface area contributed by atoms with E-state index in [0.29, 0.717) is 5.56 Å². The molecular weight excluding hydrogens is 302 g/mol. The number of nitriles is 1. The van der Waals surface area contributed by atoms with Crippen molar-refractivity contribution in [2.45, 2.75) is 18.9 Å². The second kappa shape index (κ2) is 5.95. The third kappa shape index (κ3) is 2.39. The van der Waals surface area contributed by atoms with Crippen LogP contribution in [0.5, 0.6) is 0 Å². The lowest BCUT2D eigenvalue weighted by atomic mass is 10.1. The Hall–Kier alpha value is -2.91. The van der Waals surface area contributed by atoms with Crippen molar-refractivity contribution >= 4 is 11.3 Å². The fraction of sp³-hybridized carbons (Fsp3) is 0.278.